The third-order valence-corrected chi connectivity index (χ3v) is 5.98. The molecule has 9 nitrogen and oxygen atoms in total. The van der Waals surface area contributed by atoms with Crippen LogP contribution in [0.1, 0.15) is 21.7 Å². The Bertz CT molecular complexity index is 1520. The van der Waals surface area contributed by atoms with E-state index in [-0.39, 0.29) is 27.5 Å². The first-order valence-electron chi connectivity index (χ1n) is 9.51. The molecule has 0 saturated heterocycles. The molecule has 2 aromatic heterocycles. The number of carboxylic acid groups (broad SMARTS) is 1. The smallest absolute Gasteiger partial charge is 0.356 e. The van der Waals surface area contributed by atoms with Gasteiger partial charge >= 0.3 is 5.97 Å². The summed E-state index contributed by atoms with van der Waals surface area (Å²) in [6.07, 6.45) is 1.51. The van der Waals surface area contributed by atoms with Crippen molar-refractivity contribution >= 4 is 32.6 Å². The van der Waals surface area contributed by atoms with Crippen molar-refractivity contribution in [3.63, 3.8) is 0 Å². The number of hydrogen-bond donors (Lipinski definition) is 2. The van der Waals surface area contributed by atoms with Gasteiger partial charge in [-0.2, -0.15) is 0 Å². The summed E-state index contributed by atoms with van der Waals surface area (Å²) in [6.45, 7) is 0. The molecule has 0 atom stereocenters. The fourth-order valence-corrected chi connectivity index (χ4v) is 4.28. The minimum Gasteiger partial charge on any atom is -0.496 e. The summed E-state index contributed by atoms with van der Waals surface area (Å²) < 4.78 is 34.3. The molecule has 0 bridgehead atoms. The Morgan fingerprint density at radius 3 is 2.55 bits per heavy atom. The van der Waals surface area contributed by atoms with Crippen LogP contribution in [-0.4, -0.2) is 41.8 Å². The molecule has 2 heterocycles. The largest absolute Gasteiger partial charge is 0.496 e. The zero-order valence-corrected chi connectivity index (χ0v) is 18.0. The van der Waals surface area contributed by atoms with Crippen molar-refractivity contribution in [2.75, 3.05) is 11.8 Å². The van der Waals surface area contributed by atoms with Crippen molar-refractivity contribution < 1.29 is 23.1 Å². The second kappa shape index (κ2) is 8.94. The Hall–Kier alpha value is -4.49. The summed E-state index contributed by atoms with van der Waals surface area (Å²) in [4.78, 5) is 15.1. The van der Waals surface area contributed by atoms with Crippen molar-refractivity contribution in [2.45, 2.75) is 4.90 Å². The number of nitrogens with zero attached hydrogens (tertiary/aromatic N) is 3. The molecule has 0 amide bonds. The maximum Gasteiger partial charge on any atom is 0.356 e. The lowest BCUT2D eigenvalue weighted by Crippen LogP contribution is -2.14. The predicted octanol–water partition coefficient (Wildman–Crippen LogP) is 2.93. The van der Waals surface area contributed by atoms with Crippen LogP contribution in [0.15, 0.2) is 71.8 Å². The first kappa shape index (κ1) is 21.7. The number of pyridine rings is 1. The highest BCUT2D eigenvalue weighted by atomic mass is 32.2. The Morgan fingerprint density at radius 2 is 1.82 bits per heavy atom. The van der Waals surface area contributed by atoms with Gasteiger partial charge in [0, 0.05) is 17.1 Å². The van der Waals surface area contributed by atoms with Crippen LogP contribution in [0.25, 0.3) is 10.9 Å². The van der Waals surface area contributed by atoms with E-state index < -0.39 is 16.0 Å². The molecule has 0 unspecified atom stereocenters. The third-order valence-electron chi connectivity index (χ3n) is 4.58. The summed E-state index contributed by atoms with van der Waals surface area (Å²) in [6, 6.07) is 15.8. The maximum absolute atomic E-state index is 13.2. The minimum absolute atomic E-state index is 0.00297. The first-order valence-corrected chi connectivity index (χ1v) is 11.0. The van der Waals surface area contributed by atoms with Crippen molar-refractivity contribution in [1.29, 1.82) is 0 Å². The quantitative estimate of drug-likeness (QED) is 0.435. The number of fused-ring (bicyclic) bond motifs is 1. The van der Waals surface area contributed by atoms with Gasteiger partial charge in [-0.3, -0.25) is 9.71 Å². The van der Waals surface area contributed by atoms with Crippen LogP contribution in [0, 0.1) is 11.8 Å². The van der Waals surface area contributed by atoms with Gasteiger partial charge in [0.15, 0.2) is 5.69 Å². The molecule has 0 radical (unpaired) electrons. The Labute approximate surface area is 189 Å². The molecule has 4 rings (SSSR count). The number of methoxy groups -OCH3 is 1. The second-order valence-electron chi connectivity index (χ2n) is 6.68. The fraction of sp³-hybridized carbons (Fsp3) is 0.0435. The minimum atomic E-state index is -4.01. The number of para-hydroxylation sites is 1. The van der Waals surface area contributed by atoms with Crippen molar-refractivity contribution in [3.05, 3.63) is 83.8 Å². The molecule has 0 saturated carbocycles. The number of aromatic nitrogens is 3. The number of carboxylic acids is 1. The number of aromatic carboxylic acids is 1. The molecular formula is C23H16N4O5S. The van der Waals surface area contributed by atoms with E-state index in [1.165, 1.54) is 31.5 Å². The SMILES string of the molecule is COc1ccc(S(=O)(=O)Nc2ccccc2C#Cc2ccc(C(=O)O)nn2)c2ncccc12. The molecule has 33 heavy (non-hydrogen) atoms. The van der Waals surface area contributed by atoms with Gasteiger partial charge in [0.1, 0.15) is 16.3 Å². The number of benzene rings is 2. The molecule has 0 spiro atoms. The van der Waals surface area contributed by atoms with Gasteiger partial charge in [-0.15, -0.1) is 10.2 Å². The van der Waals surface area contributed by atoms with Gasteiger partial charge < -0.3 is 9.84 Å². The van der Waals surface area contributed by atoms with Crippen LogP contribution in [-0.2, 0) is 10.0 Å². The Kier molecular flexibility index (Phi) is 5.89. The topological polar surface area (TPSA) is 131 Å². The Balaban J connectivity index is 1.69. The van der Waals surface area contributed by atoms with E-state index in [0.717, 1.165) is 0 Å². The van der Waals surface area contributed by atoms with Gasteiger partial charge in [0.05, 0.1) is 18.3 Å². The fourth-order valence-electron chi connectivity index (χ4n) is 3.04. The first-order chi connectivity index (χ1) is 15.9. The molecular weight excluding hydrogens is 444 g/mol. The van der Waals surface area contributed by atoms with Crippen LogP contribution >= 0.6 is 0 Å². The van der Waals surface area contributed by atoms with Crippen molar-refractivity contribution in [1.82, 2.24) is 15.2 Å². The highest BCUT2D eigenvalue weighted by Gasteiger charge is 2.21. The summed E-state index contributed by atoms with van der Waals surface area (Å²) in [7, 11) is -2.51. The van der Waals surface area contributed by atoms with Gasteiger partial charge in [0.25, 0.3) is 10.0 Å². The van der Waals surface area contributed by atoms with E-state index >= 15 is 0 Å². The lowest BCUT2D eigenvalue weighted by molar-refractivity contribution is 0.0689. The van der Waals surface area contributed by atoms with E-state index in [1.54, 1.807) is 42.5 Å². The molecule has 4 aromatic rings. The second-order valence-corrected chi connectivity index (χ2v) is 8.33. The lowest BCUT2D eigenvalue weighted by atomic mass is 10.2. The van der Waals surface area contributed by atoms with Gasteiger partial charge in [0.2, 0.25) is 0 Å². The maximum atomic E-state index is 13.2. The summed E-state index contributed by atoms with van der Waals surface area (Å²) in [5.74, 6) is 4.92. The molecule has 2 N–H and O–H groups in total. The monoisotopic (exact) mass is 460 g/mol. The average molecular weight is 460 g/mol. The number of hydrogen-bond acceptors (Lipinski definition) is 7. The zero-order valence-electron chi connectivity index (χ0n) is 17.2. The molecule has 0 fully saturated rings. The van der Waals surface area contributed by atoms with Crippen LogP contribution < -0.4 is 9.46 Å². The lowest BCUT2D eigenvalue weighted by Gasteiger charge is -2.13. The van der Waals surface area contributed by atoms with Crippen LogP contribution in [0.2, 0.25) is 0 Å². The summed E-state index contributed by atoms with van der Waals surface area (Å²) in [5.41, 5.74) is 0.981. The number of sulfonamides is 1. The highest BCUT2D eigenvalue weighted by Crippen LogP contribution is 2.30. The summed E-state index contributed by atoms with van der Waals surface area (Å²) in [5, 5.41) is 16.8. The summed E-state index contributed by atoms with van der Waals surface area (Å²) >= 11 is 0. The number of nitrogens with one attached hydrogen (secondary N) is 1. The van der Waals surface area contributed by atoms with E-state index in [1.807, 2.05) is 0 Å². The average Bonchev–Trinajstić information content (AvgIpc) is 2.82. The van der Waals surface area contributed by atoms with Gasteiger partial charge in [-0.05, 0) is 54.5 Å². The molecule has 0 aliphatic rings. The number of anilines is 1. The molecule has 164 valence electrons. The van der Waals surface area contributed by atoms with Crippen LogP contribution in [0.4, 0.5) is 5.69 Å². The zero-order chi connectivity index (χ0) is 23.4. The molecule has 2 aromatic carbocycles. The van der Waals surface area contributed by atoms with E-state index in [9.17, 15) is 13.2 Å². The highest BCUT2D eigenvalue weighted by molar-refractivity contribution is 7.93. The predicted molar refractivity (Wildman–Crippen MR) is 121 cm³/mol. The van der Waals surface area contributed by atoms with Gasteiger partial charge in [-0.25, -0.2) is 13.2 Å². The van der Waals surface area contributed by atoms with E-state index in [2.05, 4.69) is 31.7 Å². The third kappa shape index (κ3) is 4.58. The number of carbonyl (C=O) groups is 1. The van der Waals surface area contributed by atoms with Crippen molar-refractivity contribution in [2.24, 2.45) is 0 Å². The Morgan fingerprint density at radius 1 is 1.00 bits per heavy atom. The van der Waals surface area contributed by atoms with E-state index in [4.69, 9.17) is 9.84 Å². The molecule has 0 aliphatic carbocycles. The van der Waals surface area contributed by atoms with Crippen LogP contribution in [0.5, 0.6) is 5.75 Å². The number of rotatable bonds is 5. The number of ether oxygens (including phenoxy) is 1. The normalized spacial score (nSPS) is 10.8. The van der Waals surface area contributed by atoms with E-state index in [0.29, 0.717) is 16.7 Å². The molecule has 10 heteroatoms. The van der Waals surface area contributed by atoms with Gasteiger partial charge in [-0.1, -0.05) is 18.1 Å². The van der Waals surface area contributed by atoms with Crippen molar-refractivity contribution in [3.8, 4) is 17.6 Å². The standard InChI is InChI=1S/C23H16N4O5S/c1-32-20-12-13-21(22-17(20)6-4-14-24-22)33(30,31)27-18-7-3-2-5-15(18)8-9-16-10-11-19(23(28)29)26-25-16/h2-7,10-14,27H,1H3,(H,28,29). The molecule has 0 aliphatic heterocycles. The van der Waals surface area contributed by atoms with Crippen LogP contribution in [0.3, 0.4) is 0 Å².